The van der Waals surface area contributed by atoms with E-state index in [-0.39, 0.29) is 11.3 Å². The second-order valence-electron chi connectivity index (χ2n) is 3.85. The molecule has 2 rings (SSSR count). The summed E-state index contributed by atoms with van der Waals surface area (Å²) in [4.78, 5) is 10.2. The number of benzene rings is 2. The first-order chi connectivity index (χ1) is 9.92. The molecule has 0 aromatic heterocycles. The Labute approximate surface area is 125 Å². The smallest absolute Gasteiger partial charge is 0.312 e. The molecule has 0 radical (unpaired) electrons. The normalized spacial score (nSPS) is 10.0. The van der Waals surface area contributed by atoms with Crippen LogP contribution in [0.5, 0.6) is 11.5 Å². The van der Waals surface area contributed by atoms with Crippen molar-refractivity contribution in [1.82, 2.24) is 0 Å². The highest BCUT2D eigenvalue weighted by Gasteiger charge is 2.20. The first-order valence-electron chi connectivity index (χ1n) is 5.43. The Morgan fingerprint density at radius 3 is 2.38 bits per heavy atom. The second-order valence-corrected chi connectivity index (χ2v) is 4.77. The van der Waals surface area contributed by atoms with Crippen LogP contribution in [0.4, 0.5) is 14.5 Å². The van der Waals surface area contributed by atoms with E-state index in [9.17, 15) is 18.9 Å². The van der Waals surface area contributed by atoms with Crippen LogP contribution in [0.1, 0.15) is 5.56 Å². The van der Waals surface area contributed by atoms with Crippen molar-refractivity contribution in [1.29, 1.82) is 5.26 Å². The van der Waals surface area contributed by atoms with Gasteiger partial charge < -0.3 is 4.74 Å². The van der Waals surface area contributed by atoms with Crippen LogP contribution in [0.3, 0.4) is 0 Å². The molecule has 0 fully saturated rings. The molecule has 0 bridgehead atoms. The lowest BCUT2D eigenvalue weighted by molar-refractivity contribution is -0.385. The predicted octanol–water partition coefficient (Wildman–Crippen LogP) is 4.30. The van der Waals surface area contributed by atoms with Gasteiger partial charge in [0, 0.05) is 10.5 Å². The molecule has 0 aliphatic heterocycles. The molecule has 0 N–H and O–H groups in total. The molecule has 5 nitrogen and oxygen atoms in total. The second kappa shape index (κ2) is 5.85. The molecule has 2 aromatic carbocycles. The van der Waals surface area contributed by atoms with Gasteiger partial charge >= 0.3 is 5.69 Å². The van der Waals surface area contributed by atoms with Crippen molar-refractivity contribution in [2.45, 2.75) is 0 Å². The van der Waals surface area contributed by atoms with Crippen molar-refractivity contribution >= 4 is 21.6 Å². The molecule has 0 atom stereocenters. The lowest BCUT2D eigenvalue weighted by Gasteiger charge is -2.08. The van der Waals surface area contributed by atoms with Gasteiger partial charge in [-0.1, -0.05) is 15.9 Å². The van der Waals surface area contributed by atoms with Gasteiger partial charge in [-0.3, -0.25) is 10.1 Å². The standard InChI is InChI=1S/C13H5BrF2N2O3/c14-8-1-2-12(11(5-8)18(19)20)21-13-9(15)3-7(6-17)4-10(13)16/h1-5H. The summed E-state index contributed by atoms with van der Waals surface area (Å²) in [5.74, 6) is -3.36. The lowest BCUT2D eigenvalue weighted by Crippen LogP contribution is -1.97. The molecule has 8 heteroatoms. The minimum atomic E-state index is -1.12. The van der Waals surface area contributed by atoms with Crippen molar-refractivity contribution in [2.75, 3.05) is 0 Å². The topological polar surface area (TPSA) is 76.2 Å². The van der Waals surface area contributed by atoms with E-state index in [1.807, 2.05) is 0 Å². The highest BCUT2D eigenvalue weighted by atomic mass is 79.9. The van der Waals surface area contributed by atoms with Gasteiger partial charge in [0.2, 0.25) is 5.75 Å². The number of rotatable bonds is 3. The summed E-state index contributed by atoms with van der Waals surface area (Å²) in [5, 5.41) is 19.5. The molecule has 0 unspecified atom stereocenters. The third-order valence-corrected chi connectivity index (χ3v) is 2.95. The van der Waals surface area contributed by atoms with Crippen LogP contribution < -0.4 is 4.74 Å². The number of hydrogen-bond donors (Lipinski definition) is 0. The van der Waals surface area contributed by atoms with E-state index in [2.05, 4.69) is 15.9 Å². The Bertz CT molecular complexity index is 751. The van der Waals surface area contributed by atoms with Crippen molar-refractivity contribution in [3.8, 4) is 17.6 Å². The van der Waals surface area contributed by atoms with E-state index in [1.165, 1.54) is 12.1 Å². The van der Waals surface area contributed by atoms with Gasteiger partial charge in [-0.25, -0.2) is 8.78 Å². The summed E-state index contributed by atoms with van der Waals surface area (Å²) < 4.78 is 32.8. The zero-order chi connectivity index (χ0) is 15.6. The fourth-order valence-electron chi connectivity index (χ4n) is 1.55. The van der Waals surface area contributed by atoms with Crippen molar-refractivity contribution in [3.05, 3.63) is 62.1 Å². The minimum Gasteiger partial charge on any atom is -0.444 e. The molecule has 106 valence electrons. The number of nitro groups is 1. The molecule has 0 amide bonds. The summed E-state index contributed by atoms with van der Waals surface area (Å²) in [6.45, 7) is 0. The van der Waals surface area contributed by atoms with Crippen LogP contribution >= 0.6 is 15.9 Å². The summed E-state index contributed by atoms with van der Waals surface area (Å²) >= 11 is 3.05. The number of halogens is 3. The molecule has 0 heterocycles. The van der Waals surface area contributed by atoms with E-state index >= 15 is 0 Å². The van der Waals surface area contributed by atoms with Gasteiger partial charge in [0.1, 0.15) is 0 Å². The highest BCUT2D eigenvalue weighted by Crippen LogP contribution is 2.36. The summed E-state index contributed by atoms with van der Waals surface area (Å²) in [6.07, 6.45) is 0. The molecule has 21 heavy (non-hydrogen) atoms. The predicted molar refractivity (Wildman–Crippen MR) is 71.9 cm³/mol. The molecule has 0 aliphatic carbocycles. The molecular formula is C13H5BrF2N2O3. The van der Waals surface area contributed by atoms with Gasteiger partial charge in [-0.15, -0.1) is 0 Å². The molecular weight excluding hydrogens is 350 g/mol. The fraction of sp³-hybridized carbons (Fsp3) is 0. The monoisotopic (exact) mass is 354 g/mol. The van der Waals surface area contributed by atoms with Crippen LogP contribution in [0.2, 0.25) is 0 Å². The molecule has 0 spiro atoms. The lowest BCUT2D eigenvalue weighted by atomic mass is 10.2. The van der Waals surface area contributed by atoms with E-state index in [1.54, 1.807) is 6.07 Å². The van der Waals surface area contributed by atoms with E-state index in [4.69, 9.17) is 10.00 Å². The van der Waals surface area contributed by atoms with Gasteiger partial charge in [-0.05, 0) is 24.3 Å². The first kappa shape index (κ1) is 14.9. The molecule has 0 saturated heterocycles. The fourth-order valence-corrected chi connectivity index (χ4v) is 1.90. The third-order valence-electron chi connectivity index (χ3n) is 2.46. The van der Waals surface area contributed by atoms with Gasteiger partial charge in [0.05, 0.1) is 16.6 Å². The van der Waals surface area contributed by atoms with Gasteiger partial charge in [-0.2, -0.15) is 5.26 Å². The van der Waals surface area contributed by atoms with Crippen molar-refractivity contribution < 1.29 is 18.4 Å². The van der Waals surface area contributed by atoms with E-state index < -0.39 is 28.0 Å². The maximum absolute atomic E-state index is 13.7. The largest absolute Gasteiger partial charge is 0.444 e. The number of nitrogens with zero attached hydrogens (tertiary/aromatic N) is 2. The Balaban J connectivity index is 2.49. The quantitative estimate of drug-likeness (QED) is 0.608. The third kappa shape index (κ3) is 3.14. The van der Waals surface area contributed by atoms with Crippen LogP contribution in [0, 0.1) is 33.1 Å². The van der Waals surface area contributed by atoms with Crippen LogP contribution in [-0.4, -0.2) is 4.92 Å². The van der Waals surface area contributed by atoms with Gasteiger partial charge in [0.15, 0.2) is 17.4 Å². The Hall–Kier alpha value is -2.53. The maximum Gasteiger partial charge on any atom is 0.312 e. The average Bonchev–Trinajstić information content (AvgIpc) is 2.43. The molecule has 0 saturated carbocycles. The van der Waals surface area contributed by atoms with Crippen LogP contribution in [0.15, 0.2) is 34.8 Å². The van der Waals surface area contributed by atoms with Crippen LogP contribution in [-0.2, 0) is 0 Å². The number of ether oxygens (including phenoxy) is 1. The number of nitro benzene ring substituents is 1. The number of nitriles is 1. The average molecular weight is 355 g/mol. The zero-order valence-corrected chi connectivity index (χ0v) is 11.7. The maximum atomic E-state index is 13.7. The Morgan fingerprint density at radius 2 is 1.86 bits per heavy atom. The Morgan fingerprint density at radius 1 is 1.24 bits per heavy atom. The summed E-state index contributed by atoms with van der Waals surface area (Å²) in [5.41, 5.74) is -0.671. The van der Waals surface area contributed by atoms with Gasteiger partial charge in [0.25, 0.3) is 0 Å². The van der Waals surface area contributed by atoms with Crippen molar-refractivity contribution in [3.63, 3.8) is 0 Å². The molecule has 0 aliphatic rings. The summed E-state index contributed by atoms with van der Waals surface area (Å²) in [7, 11) is 0. The van der Waals surface area contributed by atoms with Crippen LogP contribution in [0.25, 0.3) is 0 Å². The zero-order valence-electron chi connectivity index (χ0n) is 10.1. The highest BCUT2D eigenvalue weighted by molar-refractivity contribution is 9.10. The Kier molecular flexibility index (Phi) is 4.14. The molecule has 2 aromatic rings. The summed E-state index contributed by atoms with van der Waals surface area (Å²) in [6, 6.07) is 6.94. The van der Waals surface area contributed by atoms with Crippen molar-refractivity contribution in [2.24, 2.45) is 0 Å². The number of hydrogen-bond acceptors (Lipinski definition) is 4. The minimum absolute atomic E-state index is 0.220. The van der Waals surface area contributed by atoms with E-state index in [0.717, 1.165) is 18.2 Å². The first-order valence-corrected chi connectivity index (χ1v) is 6.22. The SMILES string of the molecule is N#Cc1cc(F)c(Oc2ccc(Br)cc2[N+](=O)[O-])c(F)c1. The van der Waals surface area contributed by atoms with E-state index in [0.29, 0.717) is 4.47 Å².